The first-order chi connectivity index (χ1) is 15.8. The lowest BCUT2D eigenvalue weighted by atomic mass is 10.2. The van der Waals surface area contributed by atoms with Gasteiger partial charge in [0.25, 0.3) is 0 Å². The second kappa shape index (κ2) is 10.5. The van der Waals surface area contributed by atoms with Gasteiger partial charge in [-0.25, -0.2) is 13.4 Å². The number of ether oxygens (including phenoxy) is 1. The van der Waals surface area contributed by atoms with Gasteiger partial charge in [0.1, 0.15) is 0 Å². The van der Waals surface area contributed by atoms with Crippen molar-refractivity contribution in [2.45, 2.75) is 16.7 Å². The number of fused-ring (bicyclic) bond motifs is 1. The Morgan fingerprint density at radius 3 is 2.61 bits per heavy atom. The fourth-order valence-electron chi connectivity index (χ4n) is 3.49. The number of hydrogen-bond donors (Lipinski definition) is 0. The average Bonchev–Trinajstić information content (AvgIpc) is 3.22. The molecule has 1 amide bonds. The van der Waals surface area contributed by atoms with Gasteiger partial charge < -0.3 is 4.74 Å². The molecule has 4 rings (SSSR count). The molecule has 0 N–H and O–H groups in total. The summed E-state index contributed by atoms with van der Waals surface area (Å²) in [4.78, 5) is 23.3. The number of aryl methyl sites for hydroxylation is 1. The van der Waals surface area contributed by atoms with Crippen LogP contribution < -0.4 is 4.90 Å². The second-order valence-corrected chi connectivity index (χ2v) is 12.1. The van der Waals surface area contributed by atoms with Crippen LogP contribution in [0.25, 0.3) is 10.2 Å². The number of hydrogen-bond acceptors (Lipinski definition) is 8. The van der Waals surface area contributed by atoms with E-state index in [-0.39, 0.29) is 10.8 Å². The molecule has 1 fully saturated rings. The van der Waals surface area contributed by atoms with Crippen molar-refractivity contribution in [3.8, 4) is 0 Å². The Balaban J connectivity index is 1.55. The quantitative estimate of drug-likeness (QED) is 0.434. The van der Waals surface area contributed by atoms with E-state index in [0.717, 1.165) is 29.2 Å². The van der Waals surface area contributed by atoms with Gasteiger partial charge in [-0.15, -0.1) is 11.8 Å². The summed E-state index contributed by atoms with van der Waals surface area (Å²) in [6.45, 7) is 6.38. The summed E-state index contributed by atoms with van der Waals surface area (Å²) in [6.07, 6.45) is 1.19. The van der Waals surface area contributed by atoms with E-state index in [1.54, 1.807) is 23.1 Å². The third kappa shape index (κ3) is 6.33. The molecule has 0 aliphatic carbocycles. The Labute approximate surface area is 202 Å². The van der Waals surface area contributed by atoms with E-state index in [1.807, 2.05) is 31.2 Å². The zero-order chi connectivity index (χ0) is 23.4. The third-order valence-corrected chi connectivity index (χ3v) is 8.58. The molecule has 2 heterocycles. The normalized spacial score (nSPS) is 15.1. The number of rotatable bonds is 8. The van der Waals surface area contributed by atoms with E-state index in [4.69, 9.17) is 4.74 Å². The van der Waals surface area contributed by atoms with Crippen LogP contribution in [0, 0.1) is 6.92 Å². The Kier molecular flexibility index (Phi) is 7.70. The molecule has 1 aliphatic heterocycles. The van der Waals surface area contributed by atoms with E-state index >= 15 is 0 Å². The van der Waals surface area contributed by atoms with Crippen molar-refractivity contribution in [2.75, 3.05) is 56.3 Å². The van der Waals surface area contributed by atoms with Crippen LogP contribution in [0.1, 0.15) is 5.56 Å². The molecule has 0 spiro atoms. The maximum absolute atomic E-state index is 13.3. The van der Waals surface area contributed by atoms with Crippen LogP contribution in [0.2, 0.25) is 0 Å². The topological polar surface area (TPSA) is 79.8 Å². The number of anilines is 1. The van der Waals surface area contributed by atoms with Gasteiger partial charge in [-0.05, 0) is 37.3 Å². The zero-order valence-corrected chi connectivity index (χ0v) is 21.1. The van der Waals surface area contributed by atoms with Crippen molar-refractivity contribution in [1.82, 2.24) is 9.88 Å². The predicted octanol–water partition coefficient (Wildman–Crippen LogP) is 3.47. The van der Waals surface area contributed by atoms with Gasteiger partial charge in [0.05, 0.1) is 34.1 Å². The molecule has 1 aromatic heterocycles. The molecule has 0 bridgehead atoms. The minimum Gasteiger partial charge on any atom is -0.379 e. The standard InChI is InChI=1S/C23H27N3O4S3/c1-17-3-5-18(6-4-17)31-16-22(27)26(10-9-25-11-13-30-14-12-25)23-24-20-8-7-19(33(2,28)29)15-21(20)32-23/h3-8,15H,9-14,16H2,1-2H3. The Bertz CT molecular complexity index is 1220. The molecule has 33 heavy (non-hydrogen) atoms. The summed E-state index contributed by atoms with van der Waals surface area (Å²) in [7, 11) is -3.31. The molecule has 0 atom stereocenters. The molecule has 0 radical (unpaired) electrons. The van der Waals surface area contributed by atoms with Crippen LogP contribution in [-0.4, -0.2) is 75.6 Å². The van der Waals surface area contributed by atoms with E-state index < -0.39 is 9.84 Å². The van der Waals surface area contributed by atoms with Crippen LogP contribution in [0.5, 0.6) is 0 Å². The van der Waals surface area contributed by atoms with Crippen molar-refractivity contribution in [2.24, 2.45) is 0 Å². The first kappa shape index (κ1) is 24.2. The molecule has 176 valence electrons. The van der Waals surface area contributed by atoms with Gasteiger partial charge in [-0.2, -0.15) is 0 Å². The first-order valence-corrected chi connectivity index (χ1v) is 14.4. The number of carbonyl (C=O) groups excluding carboxylic acids is 1. The van der Waals surface area contributed by atoms with Gasteiger partial charge in [0, 0.05) is 37.3 Å². The van der Waals surface area contributed by atoms with Crippen LogP contribution >= 0.6 is 23.1 Å². The second-order valence-electron chi connectivity index (χ2n) is 8.00. The summed E-state index contributed by atoms with van der Waals surface area (Å²) in [5, 5.41) is 0.596. The van der Waals surface area contributed by atoms with Gasteiger partial charge in [0.2, 0.25) is 5.91 Å². The maximum atomic E-state index is 13.3. The molecule has 1 aliphatic rings. The SMILES string of the molecule is Cc1ccc(SCC(=O)N(CCN2CCOCC2)c2nc3ccc(S(C)(=O)=O)cc3s2)cc1. The number of nitrogens with zero attached hydrogens (tertiary/aromatic N) is 3. The lowest BCUT2D eigenvalue weighted by molar-refractivity contribution is -0.116. The van der Waals surface area contributed by atoms with Crippen LogP contribution in [0.4, 0.5) is 5.13 Å². The van der Waals surface area contributed by atoms with Crippen molar-refractivity contribution in [3.63, 3.8) is 0 Å². The number of aromatic nitrogens is 1. The van der Waals surface area contributed by atoms with Gasteiger partial charge >= 0.3 is 0 Å². The first-order valence-electron chi connectivity index (χ1n) is 10.7. The highest BCUT2D eigenvalue weighted by Crippen LogP contribution is 2.31. The van der Waals surface area contributed by atoms with E-state index in [2.05, 4.69) is 9.88 Å². The van der Waals surface area contributed by atoms with Gasteiger partial charge in [-0.1, -0.05) is 29.0 Å². The largest absolute Gasteiger partial charge is 0.379 e. The number of sulfone groups is 1. The van der Waals surface area contributed by atoms with Crippen LogP contribution in [0.3, 0.4) is 0 Å². The van der Waals surface area contributed by atoms with E-state index in [9.17, 15) is 13.2 Å². The molecule has 7 nitrogen and oxygen atoms in total. The highest BCUT2D eigenvalue weighted by atomic mass is 32.2. The monoisotopic (exact) mass is 505 g/mol. The molecule has 2 aromatic carbocycles. The molecular formula is C23H27N3O4S3. The number of amides is 1. The summed E-state index contributed by atoms with van der Waals surface area (Å²) in [5.41, 5.74) is 1.87. The van der Waals surface area contributed by atoms with E-state index in [0.29, 0.717) is 36.2 Å². The molecule has 0 unspecified atom stereocenters. The maximum Gasteiger partial charge on any atom is 0.239 e. The van der Waals surface area contributed by atoms with E-state index in [1.165, 1.54) is 34.9 Å². The number of morpholine rings is 1. The lowest BCUT2D eigenvalue weighted by Gasteiger charge is -2.29. The summed E-state index contributed by atoms with van der Waals surface area (Å²) in [6, 6.07) is 13.0. The minimum atomic E-state index is -3.31. The number of benzene rings is 2. The Morgan fingerprint density at radius 2 is 1.91 bits per heavy atom. The molecule has 10 heteroatoms. The van der Waals surface area contributed by atoms with Gasteiger partial charge in [-0.3, -0.25) is 14.6 Å². The van der Waals surface area contributed by atoms with Crippen LogP contribution in [0.15, 0.2) is 52.3 Å². The van der Waals surface area contributed by atoms with Crippen LogP contribution in [-0.2, 0) is 19.4 Å². The summed E-state index contributed by atoms with van der Waals surface area (Å²) in [5.74, 6) is 0.285. The summed E-state index contributed by atoms with van der Waals surface area (Å²) >= 11 is 2.86. The minimum absolute atomic E-state index is 0.0174. The Hall–Kier alpha value is -1.98. The highest BCUT2D eigenvalue weighted by molar-refractivity contribution is 8.00. The predicted molar refractivity (Wildman–Crippen MR) is 134 cm³/mol. The highest BCUT2D eigenvalue weighted by Gasteiger charge is 2.22. The van der Waals surface area contributed by atoms with Gasteiger partial charge in [0.15, 0.2) is 15.0 Å². The Morgan fingerprint density at radius 1 is 1.18 bits per heavy atom. The molecule has 3 aromatic rings. The fourth-order valence-corrected chi connectivity index (χ4v) is 6.03. The number of thiazole rings is 1. The summed E-state index contributed by atoms with van der Waals surface area (Å²) < 4.78 is 30.1. The van der Waals surface area contributed by atoms with Crippen molar-refractivity contribution < 1.29 is 17.9 Å². The van der Waals surface area contributed by atoms with Crippen molar-refractivity contribution >= 4 is 54.2 Å². The van der Waals surface area contributed by atoms with Crippen molar-refractivity contribution in [3.05, 3.63) is 48.0 Å². The number of thioether (sulfide) groups is 1. The lowest BCUT2D eigenvalue weighted by Crippen LogP contribution is -2.43. The zero-order valence-electron chi connectivity index (χ0n) is 18.7. The molecule has 0 saturated carbocycles. The number of carbonyl (C=O) groups is 1. The third-order valence-electron chi connectivity index (χ3n) is 5.44. The molecule has 1 saturated heterocycles. The van der Waals surface area contributed by atoms with Crippen molar-refractivity contribution in [1.29, 1.82) is 0 Å². The fraction of sp³-hybridized carbons (Fsp3) is 0.391. The molecular weight excluding hydrogens is 478 g/mol. The average molecular weight is 506 g/mol. The smallest absolute Gasteiger partial charge is 0.239 e.